The smallest absolute Gasteiger partial charge is 0.410 e. The number of benzene rings is 1. The van der Waals surface area contributed by atoms with Crippen LogP contribution in [0.3, 0.4) is 0 Å². The van der Waals surface area contributed by atoms with Gasteiger partial charge in [0.15, 0.2) is 0 Å². The molecule has 0 spiro atoms. The second-order valence-corrected chi connectivity index (χ2v) is 3.93. The number of hydrogen-bond acceptors (Lipinski definition) is 3. The second kappa shape index (κ2) is 7.32. The van der Waals surface area contributed by atoms with E-state index in [1.807, 2.05) is 18.2 Å². The third-order valence-electron chi connectivity index (χ3n) is 2.29. The predicted octanol–water partition coefficient (Wildman–Crippen LogP) is 1.60. The van der Waals surface area contributed by atoms with Crippen molar-refractivity contribution >= 4 is 12.0 Å². The summed E-state index contributed by atoms with van der Waals surface area (Å²) in [4.78, 5) is 21.9. The van der Waals surface area contributed by atoms with Gasteiger partial charge in [0.05, 0.1) is 0 Å². The lowest BCUT2D eigenvalue weighted by atomic mass is 10.1. The van der Waals surface area contributed by atoms with Crippen molar-refractivity contribution in [2.24, 2.45) is 5.73 Å². The number of hydrogen-bond donors (Lipinski definition) is 2. The normalized spacial score (nSPS) is 9.83. The van der Waals surface area contributed by atoms with E-state index in [9.17, 15) is 9.59 Å². The summed E-state index contributed by atoms with van der Waals surface area (Å²) < 4.78 is 5.08. The van der Waals surface area contributed by atoms with Gasteiger partial charge in [-0.1, -0.05) is 25.5 Å². The van der Waals surface area contributed by atoms with Crippen LogP contribution in [0.1, 0.15) is 25.3 Å². The van der Waals surface area contributed by atoms with Gasteiger partial charge in [0, 0.05) is 13.0 Å². The van der Waals surface area contributed by atoms with E-state index in [1.165, 1.54) is 0 Å². The summed E-state index contributed by atoms with van der Waals surface area (Å²) in [5, 5.41) is 2.45. The Morgan fingerprint density at radius 3 is 2.83 bits per heavy atom. The highest BCUT2D eigenvalue weighted by Gasteiger charge is 2.05. The van der Waals surface area contributed by atoms with E-state index < -0.39 is 12.0 Å². The van der Waals surface area contributed by atoms with E-state index in [4.69, 9.17) is 10.5 Å². The summed E-state index contributed by atoms with van der Waals surface area (Å²) in [6.45, 7) is 2.27. The lowest BCUT2D eigenvalue weighted by Crippen LogP contribution is -2.30. The summed E-state index contributed by atoms with van der Waals surface area (Å²) in [6.07, 6.45) is 1.50. The zero-order chi connectivity index (χ0) is 13.4. The topological polar surface area (TPSA) is 81.4 Å². The van der Waals surface area contributed by atoms with Crippen molar-refractivity contribution in [1.29, 1.82) is 0 Å². The van der Waals surface area contributed by atoms with Crippen molar-refractivity contribution < 1.29 is 14.3 Å². The molecule has 0 bridgehead atoms. The van der Waals surface area contributed by atoms with Crippen molar-refractivity contribution in [3.63, 3.8) is 0 Å². The Hall–Kier alpha value is -2.04. The summed E-state index contributed by atoms with van der Waals surface area (Å²) in [7, 11) is 0. The minimum atomic E-state index is -0.579. The van der Waals surface area contributed by atoms with Gasteiger partial charge in [0.25, 0.3) is 0 Å². The Kier molecular flexibility index (Phi) is 5.70. The van der Waals surface area contributed by atoms with Gasteiger partial charge in [-0.15, -0.1) is 0 Å². The Morgan fingerprint density at radius 2 is 2.17 bits per heavy atom. The molecule has 1 aromatic rings. The second-order valence-electron chi connectivity index (χ2n) is 3.93. The maximum absolute atomic E-state index is 11.4. The van der Waals surface area contributed by atoms with Gasteiger partial charge in [-0.3, -0.25) is 4.79 Å². The molecule has 0 heterocycles. The summed E-state index contributed by atoms with van der Waals surface area (Å²) in [5.74, 6) is 0.0396. The van der Waals surface area contributed by atoms with Gasteiger partial charge < -0.3 is 15.8 Å². The van der Waals surface area contributed by atoms with Crippen molar-refractivity contribution in [1.82, 2.24) is 5.32 Å². The average Bonchev–Trinajstić information content (AvgIpc) is 2.29. The van der Waals surface area contributed by atoms with Crippen molar-refractivity contribution in [2.75, 3.05) is 6.54 Å². The van der Waals surface area contributed by atoms with Crippen LogP contribution >= 0.6 is 0 Å². The Morgan fingerprint density at radius 1 is 1.39 bits per heavy atom. The number of nitrogens with two attached hydrogens (primary N) is 1. The van der Waals surface area contributed by atoms with Crippen molar-refractivity contribution in [3.05, 3.63) is 29.8 Å². The van der Waals surface area contributed by atoms with Gasteiger partial charge in [-0.25, -0.2) is 4.79 Å². The number of primary amides is 1. The van der Waals surface area contributed by atoms with E-state index in [0.717, 1.165) is 18.4 Å². The molecule has 5 nitrogen and oxygen atoms in total. The highest BCUT2D eigenvalue weighted by molar-refractivity contribution is 5.75. The fourth-order valence-corrected chi connectivity index (χ4v) is 1.48. The molecule has 1 rings (SSSR count). The Balaban J connectivity index is 2.43. The third-order valence-corrected chi connectivity index (χ3v) is 2.29. The van der Waals surface area contributed by atoms with Crippen LogP contribution in [0.5, 0.6) is 5.75 Å². The zero-order valence-electron chi connectivity index (χ0n) is 10.4. The van der Waals surface area contributed by atoms with Crippen LogP contribution in [-0.2, 0) is 11.2 Å². The average molecular weight is 250 g/mol. The molecule has 0 aliphatic carbocycles. The van der Waals surface area contributed by atoms with E-state index >= 15 is 0 Å². The van der Waals surface area contributed by atoms with Crippen molar-refractivity contribution in [2.45, 2.75) is 26.2 Å². The summed E-state index contributed by atoms with van der Waals surface area (Å²) in [5.41, 5.74) is 6.08. The number of ether oxygens (including phenoxy) is 1. The minimum absolute atomic E-state index is 0.102. The molecule has 0 fully saturated rings. The van der Waals surface area contributed by atoms with Crippen molar-refractivity contribution in [3.8, 4) is 5.75 Å². The zero-order valence-corrected chi connectivity index (χ0v) is 10.4. The van der Waals surface area contributed by atoms with Crippen LogP contribution in [0.15, 0.2) is 24.3 Å². The molecule has 0 saturated carbocycles. The highest BCUT2D eigenvalue weighted by atomic mass is 16.6. The summed E-state index contributed by atoms with van der Waals surface area (Å²) in [6, 6.07) is 7.38. The largest absolute Gasteiger partial charge is 0.412 e. The molecule has 0 aliphatic rings. The maximum atomic E-state index is 11.4. The first-order valence-electron chi connectivity index (χ1n) is 5.94. The standard InChI is InChI=1S/C13H18N2O3/c1-2-4-10-5-3-6-11(9-10)18-13(17)15-8-7-12(14)16/h3,5-6,9H,2,4,7-8H2,1H3,(H2,14,16)(H,15,17). The number of amides is 2. The first kappa shape index (κ1) is 14.0. The van der Waals surface area contributed by atoms with Crippen LogP contribution in [0, 0.1) is 0 Å². The van der Waals surface area contributed by atoms with Gasteiger partial charge in [-0.05, 0) is 24.1 Å². The lowest BCUT2D eigenvalue weighted by Gasteiger charge is -2.07. The molecule has 2 amide bonds. The highest BCUT2D eigenvalue weighted by Crippen LogP contribution is 2.14. The number of carbonyl (C=O) groups excluding carboxylic acids is 2. The van der Waals surface area contributed by atoms with Gasteiger partial charge in [-0.2, -0.15) is 0 Å². The quantitative estimate of drug-likeness (QED) is 0.804. The molecular formula is C13H18N2O3. The van der Waals surface area contributed by atoms with Gasteiger partial charge in [0.2, 0.25) is 5.91 Å². The van der Waals surface area contributed by atoms with Crippen LogP contribution in [-0.4, -0.2) is 18.5 Å². The molecule has 3 N–H and O–H groups in total. The van der Waals surface area contributed by atoms with E-state index in [2.05, 4.69) is 12.2 Å². The molecule has 0 radical (unpaired) electrons. The lowest BCUT2D eigenvalue weighted by molar-refractivity contribution is -0.117. The summed E-state index contributed by atoms with van der Waals surface area (Å²) >= 11 is 0. The first-order valence-corrected chi connectivity index (χ1v) is 5.94. The molecule has 0 aliphatic heterocycles. The van der Waals surface area contributed by atoms with E-state index in [-0.39, 0.29) is 13.0 Å². The molecular weight excluding hydrogens is 232 g/mol. The Bertz CT molecular complexity index is 418. The molecule has 0 saturated heterocycles. The SMILES string of the molecule is CCCc1cccc(OC(=O)NCCC(N)=O)c1. The molecule has 98 valence electrons. The maximum Gasteiger partial charge on any atom is 0.412 e. The molecule has 1 aromatic carbocycles. The molecule has 0 unspecified atom stereocenters. The number of rotatable bonds is 6. The van der Waals surface area contributed by atoms with Crippen LogP contribution in [0.2, 0.25) is 0 Å². The minimum Gasteiger partial charge on any atom is -0.410 e. The van der Waals surface area contributed by atoms with E-state index in [1.54, 1.807) is 6.07 Å². The monoisotopic (exact) mass is 250 g/mol. The van der Waals surface area contributed by atoms with Gasteiger partial charge in [0.1, 0.15) is 5.75 Å². The molecule has 0 atom stereocenters. The third kappa shape index (κ3) is 5.34. The van der Waals surface area contributed by atoms with Gasteiger partial charge >= 0.3 is 6.09 Å². The fraction of sp³-hybridized carbons (Fsp3) is 0.385. The molecule has 18 heavy (non-hydrogen) atoms. The van der Waals surface area contributed by atoms with Crippen LogP contribution < -0.4 is 15.8 Å². The number of nitrogens with one attached hydrogen (secondary N) is 1. The first-order chi connectivity index (χ1) is 8.61. The van der Waals surface area contributed by atoms with E-state index in [0.29, 0.717) is 5.75 Å². The molecule has 0 aromatic heterocycles. The fourth-order valence-electron chi connectivity index (χ4n) is 1.48. The van der Waals surface area contributed by atoms with Crippen LogP contribution in [0.4, 0.5) is 4.79 Å². The Labute approximate surface area is 106 Å². The molecule has 5 heteroatoms. The predicted molar refractivity (Wildman–Crippen MR) is 68.3 cm³/mol. The van der Waals surface area contributed by atoms with Crippen LogP contribution in [0.25, 0.3) is 0 Å². The number of carbonyl (C=O) groups is 2. The number of aryl methyl sites for hydroxylation is 1.